The van der Waals surface area contributed by atoms with Gasteiger partial charge in [0.05, 0.1) is 22.9 Å². The first-order chi connectivity index (χ1) is 13.3. The number of aromatic nitrogens is 3. The molecule has 0 aliphatic heterocycles. The zero-order chi connectivity index (χ0) is 19.9. The highest BCUT2D eigenvalue weighted by Gasteiger charge is 2.31. The fourth-order valence-electron chi connectivity index (χ4n) is 3.11. The summed E-state index contributed by atoms with van der Waals surface area (Å²) in [7, 11) is 0. The van der Waals surface area contributed by atoms with Gasteiger partial charge in [-0.05, 0) is 30.3 Å². The number of nitrogens with two attached hydrogens (primary N) is 1. The number of benzene rings is 1. The molecule has 0 amide bonds. The maximum absolute atomic E-state index is 12.3. The SMILES string of the molecule is NCc1nn(-c2ccc(OC(F)(F)F)cc2)c2nccc(O[C@H]3C[C@H](O)C3)c12. The van der Waals surface area contributed by atoms with E-state index in [1.165, 1.54) is 28.9 Å². The van der Waals surface area contributed by atoms with Gasteiger partial charge in [0.2, 0.25) is 0 Å². The molecule has 1 aliphatic rings. The number of aliphatic hydroxyl groups is 1. The third-order valence-corrected chi connectivity index (χ3v) is 4.47. The Morgan fingerprint density at radius 2 is 1.89 bits per heavy atom. The first-order valence-corrected chi connectivity index (χ1v) is 8.61. The lowest BCUT2D eigenvalue weighted by molar-refractivity contribution is -0.274. The molecule has 4 rings (SSSR count). The van der Waals surface area contributed by atoms with Gasteiger partial charge < -0.3 is 20.3 Å². The molecule has 0 unspecified atom stereocenters. The Morgan fingerprint density at radius 3 is 2.50 bits per heavy atom. The smallest absolute Gasteiger partial charge is 0.489 e. The van der Waals surface area contributed by atoms with E-state index in [4.69, 9.17) is 10.5 Å². The molecule has 1 aliphatic carbocycles. The summed E-state index contributed by atoms with van der Waals surface area (Å²) in [5.74, 6) is 0.234. The number of ether oxygens (including phenoxy) is 2. The number of halogens is 3. The van der Waals surface area contributed by atoms with Gasteiger partial charge in [-0.3, -0.25) is 0 Å². The lowest BCUT2D eigenvalue weighted by Crippen LogP contribution is -2.37. The predicted molar refractivity (Wildman–Crippen MR) is 93.1 cm³/mol. The second-order valence-corrected chi connectivity index (χ2v) is 6.48. The number of hydrogen-bond donors (Lipinski definition) is 2. The molecule has 2 aromatic heterocycles. The van der Waals surface area contributed by atoms with E-state index >= 15 is 0 Å². The van der Waals surface area contributed by atoms with Crippen LogP contribution in [0.4, 0.5) is 13.2 Å². The minimum Gasteiger partial charge on any atom is -0.489 e. The molecule has 28 heavy (non-hydrogen) atoms. The molecule has 0 radical (unpaired) electrons. The van der Waals surface area contributed by atoms with Crippen molar-refractivity contribution in [3.63, 3.8) is 0 Å². The molecule has 148 valence electrons. The van der Waals surface area contributed by atoms with E-state index in [-0.39, 0.29) is 24.5 Å². The van der Waals surface area contributed by atoms with Crippen LogP contribution in [0.1, 0.15) is 18.5 Å². The lowest BCUT2D eigenvalue weighted by atomic mass is 9.92. The first-order valence-electron chi connectivity index (χ1n) is 8.61. The zero-order valence-electron chi connectivity index (χ0n) is 14.6. The molecule has 1 saturated carbocycles. The molecule has 0 spiro atoms. The standard InChI is InChI=1S/C18H17F3N4O3/c19-18(20,21)28-12-3-1-10(2-4-12)25-17-16(14(9-22)24-25)15(5-6-23-17)27-13-7-11(26)8-13/h1-6,11,13,26H,7-9,22H2/t11-,13-. The number of hydrogen-bond acceptors (Lipinski definition) is 6. The van der Waals surface area contributed by atoms with Crippen molar-refractivity contribution in [1.82, 2.24) is 14.8 Å². The van der Waals surface area contributed by atoms with Gasteiger partial charge in [0.15, 0.2) is 5.65 Å². The van der Waals surface area contributed by atoms with Gasteiger partial charge in [-0.25, -0.2) is 9.67 Å². The van der Waals surface area contributed by atoms with Crippen molar-refractivity contribution in [2.45, 2.75) is 38.0 Å². The molecule has 2 heterocycles. The largest absolute Gasteiger partial charge is 0.573 e. The lowest BCUT2D eigenvalue weighted by Gasteiger charge is -2.31. The Labute approximate surface area is 157 Å². The summed E-state index contributed by atoms with van der Waals surface area (Å²) in [6.07, 6.45) is -2.53. The highest BCUT2D eigenvalue weighted by atomic mass is 19.4. The molecular formula is C18H17F3N4O3. The molecule has 0 atom stereocenters. The summed E-state index contributed by atoms with van der Waals surface area (Å²) in [4.78, 5) is 4.34. The minimum absolute atomic E-state index is 0.0895. The van der Waals surface area contributed by atoms with Gasteiger partial charge in [0.1, 0.15) is 17.6 Å². The van der Waals surface area contributed by atoms with Crippen molar-refractivity contribution in [2.24, 2.45) is 5.73 Å². The molecule has 3 N–H and O–H groups in total. The van der Waals surface area contributed by atoms with Crippen molar-refractivity contribution < 1.29 is 27.8 Å². The van der Waals surface area contributed by atoms with Crippen LogP contribution in [0.25, 0.3) is 16.7 Å². The topological polar surface area (TPSA) is 95.4 Å². The maximum atomic E-state index is 12.3. The number of rotatable bonds is 5. The average molecular weight is 394 g/mol. The number of pyridine rings is 1. The Bertz CT molecular complexity index is 982. The molecule has 0 bridgehead atoms. The van der Waals surface area contributed by atoms with Crippen LogP contribution in [0.15, 0.2) is 36.5 Å². The van der Waals surface area contributed by atoms with Crippen molar-refractivity contribution in [2.75, 3.05) is 0 Å². The maximum Gasteiger partial charge on any atom is 0.573 e. The van der Waals surface area contributed by atoms with Crippen LogP contribution in [-0.2, 0) is 6.54 Å². The Kier molecular flexibility index (Phi) is 4.60. The first kappa shape index (κ1) is 18.5. The van der Waals surface area contributed by atoms with E-state index in [9.17, 15) is 18.3 Å². The van der Waals surface area contributed by atoms with E-state index in [1.54, 1.807) is 12.3 Å². The summed E-state index contributed by atoms with van der Waals surface area (Å²) in [6, 6.07) is 7.01. The molecule has 1 fully saturated rings. The summed E-state index contributed by atoms with van der Waals surface area (Å²) < 4.78 is 48.3. The third kappa shape index (κ3) is 3.60. The van der Waals surface area contributed by atoms with E-state index in [0.29, 0.717) is 41.0 Å². The average Bonchev–Trinajstić information content (AvgIpc) is 2.99. The van der Waals surface area contributed by atoms with E-state index in [2.05, 4.69) is 14.8 Å². The van der Waals surface area contributed by atoms with E-state index < -0.39 is 6.36 Å². The fourth-order valence-corrected chi connectivity index (χ4v) is 3.11. The highest BCUT2D eigenvalue weighted by Crippen LogP contribution is 2.33. The van der Waals surface area contributed by atoms with E-state index in [0.717, 1.165) is 0 Å². The minimum atomic E-state index is -4.75. The number of aliphatic hydroxyl groups excluding tert-OH is 1. The van der Waals surface area contributed by atoms with Crippen molar-refractivity contribution in [3.8, 4) is 17.2 Å². The van der Waals surface area contributed by atoms with Crippen molar-refractivity contribution >= 4 is 11.0 Å². The van der Waals surface area contributed by atoms with Gasteiger partial charge in [0.25, 0.3) is 0 Å². The van der Waals surface area contributed by atoms with Crippen LogP contribution in [0.2, 0.25) is 0 Å². The predicted octanol–water partition coefficient (Wildman–Crippen LogP) is 2.68. The van der Waals surface area contributed by atoms with Gasteiger partial charge in [0, 0.05) is 25.6 Å². The normalized spacial score (nSPS) is 19.5. The molecule has 10 heteroatoms. The van der Waals surface area contributed by atoms with Gasteiger partial charge >= 0.3 is 6.36 Å². The monoisotopic (exact) mass is 394 g/mol. The summed E-state index contributed by atoms with van der Waals surface area (Å²) in [6.45, 7) is 0.133. The number of nitrogens with zero attached hydrogens (tertiary/aromatic N) is 3. The van der Waals surface area contributed by atoms with Crippen LogP contribution >= 0.6 is 0 Å². The fraction of sp³-hybridized carbons (Fsp3) is 0.333. The molecule has 7 nitrogen and oxygen atoms in total. The summed E-state index contributed by atoms with van der Waals surface area (Å²) in [5.41, 5.74) is 7.35. The summed E-state index contributed by atoms with van der Waals surface area (Å²) >= 11 is 0. The Morgan fingerprint density at radius 1 is 1.18 bits per heavy atom. The Hall–Kier alpha value is -2.85. The molecule has 0 saturated heterocycles. The van der Waals surface area contributed by atoms with Crippen LogP contribution in [-0.4, -0.2) is 38.4 Å². The van der Waals surface area contributed by atoms with Crippen LogP contribution in [0, 0.1) is 0 Å². The highest BCUT2D eigenvalue weighted by molar-refractivity contribution is 5.86. The molecule has 3 aromatic rings. The van der Waals surface area contributed by atoms with Gasteiger partial charge in [-0.2, -0.15) is 5.10 Å². The van der Waals surface area contributed by atoms with E-state index in [1.807, 2.05) is 0 Å². The van der Waals surface area contributed by atoms with Crippen molar-refractivity contribution in [3.05, 3.63) is 42.2 Å². The van der Waals surface area contributed by atoms with Gasteiger partial charge in [-0.15, -0.1) is 13.2 Å². The van der Waals surface area contributed by atoms with Crippen LogP contribution < -0.4 is 15.2 Å². The second-order valence-electron chi connectivity index (χ2n) is 6.48. The second kappa shape index (κ2) is 6.95. The summed E-state index contributed by atoms with van der Waals surface area (Å²) in [5, 5.41) is 14.5. The zero-order valence-corrected chi connectivity index (χ0v) is 14.6. The van der Waals surface area contributed by atoms with Crippen LogP contribution in [0.3, 0.4) is 0 Å². The Balaban J connectivity index is 1.70. The number of fused-ring (bicyclic) bond motifs is 1. The third-order valence-electron chi connectivity index (χ3n) is 4.47. The van der Waals surface area contributed by atoms with Gasteiger partial charge in [-0.1, -0.05) is 0 Å². The molecular weight excluding hydrogens is 377 g/mol. The number of alkyl halides is 3. The molecule has 1 aromatic carbocycles. The van der Waals surface area contributed by atoms with Crippen LogP contribution in [0.5, 0.6) is 11.5 Å². The quantitative estimate of drug-likeness (QED) is 0.691. The van der Waals surface area contributed by atoms with Crippen molar-refractivity contribution in [1.29, 1.82) is 0 Å².